The van der Waals surface area contributed by atoms with Crippen molar-refractivity contribution in [2.75, 3.05) is 13.1 Å². The minimum absolute atomic E-state index is 0.0267. The third kappa shape index (κ3) is 4.09. The molecule has 0 aromatic carbocycles. The number of rotatable bonds is 4. The molecule has 0 spiro atoms. The minimum Gasteiger partial charge on any atom is -0.393 e. The predicted molar refractivity (Wildman–Crippen MR) is 97.4 cm³/mol. The molecule has 3 rings (SSSR count). The zero-order valence-corrected chi connectivity index (χ0v) is 15.7. The highest BCUT2D eigenvalue weighted by Gasteiger charge is 2.41. The quantitative estimate of drug-likeness (QED) is 0.657. The molecule has 1 saturated heterocycles. The normalized spacial score (nSPS) is 45.1. The highest BCUT2D eigenvalue weighted by atomic mass is 35.5. The standard InChI is InChI=1S/C18H30Cl2N2O2/c19-14-7-13(16(23)8-15(14)20)17(21)10-1-3-11(4-2-10)18(24)12-5-6-22-9-12/h10-17,22-23H,1-9,21H2/t10?,11?,12-,13?,14?,15?,16?,17-/m0/s1. The van der Waals surface area contributed by atoms with Crippen LogP contribution in [0.25, 0.3) is 0 Å². The number of halogens is 2. The van der Waals surface area contributed by atoms with Crippen LogP contribution in [0.2, 0.25) is 0 Å². The van der Waals surface area contributed by atoms with Gasteiger partial charge in [0.05, 0.1) is 16.9 Å². The van der Waals surface area contributed by atoms with Crippen LogP contribution >= 0.6 is 23.2 Å². The van der Waals surface area contributed by atoms with Crippen LogP contribution in [0.4, 0.5) is 0 Å². The molecule has 0 aromatic rings. The summed E-state index contributed by atoms with van der Waals surface area (Å²) >= 11 is 12.5. The van der Waals surface area contributed by atoms with Gasteiger partial charge in [-0.15, -0.1) is 23.2 Å². The lowest BCUT2D eigenvalue weighted by Crippen LogP contribution is -2.50. The van der Waals surface area contributed by atoms with Gasteiger partial charge in [-0.3, -0.25) is 4.79 Å². The van der Waals surface area contributed by atoms with E-state index >= 15 is 0 Å². The molecule has 3 fully saturated rings. The fourth-order valence-corrected chi connectivity index (χ4v) is 5.49. The van der Waals surface area contributed by atoms with E-state index in [1.165, 1.54) is 0 Å². The summed E-state index contributed by atoms with van der Waals surface area (Å²) < 4.78 is 0. The number of Topliss-reactive ketones (excluding diaryl/α,β-unsaturated/α-hetero) is 1. The van der Waals surface area contributed by atoms with E-state index < -0.39 is 6.10 Å². The third-order valence-electron chi connectivity index (χ3n) is 6.53. The molecule has 24 heavy (non-hydrogen) atoms. The van der Waals surface area contributed by atoms with E-state index in [0.29, 0.717) is 24.5 Å². The minimum atomic E-state index is -0.457. The number of ketones is 1. The van der Waals surface area contributed by atoms with Gasteiger partial charge in [0.2, 0.25) is 0 Å². The Hall–Kier alpha value is 0.130. The van der Waals surface area contributed by atoms with Crippen LogP contribution in [0.5, 0.6) is 0 Å². The summed E-state index contributed by atoms with van der Waals surface area (Å²) in [7, 11) is 0. The monoisotopic (exact) mass is 376 g/mol. The predicted octanol–water partition coefficient (Wildman–Crippen LogP) is 2.28. The summed E-state index contributed by atoms with van der Waals surface area (Å²) in [6.07, 6.45) is 5.60. The Morgan fingerprint density at radius 1 is 1.04 bits per heavy atom. The molecular formula is C18H30Cl2N2O2. The zero-order valence-electron chi connectivity index (χ0n) is 14.2. The van der Waals surface area contributed by atoms with E-state index in [4.69, 9.17) is 28.9 Å². The Kier molecular flexibility index (Phi) is 6.47. The Morgan fingerprint density at radius 3 is 2.33 bits per heavy atom. The van der Waals surface area contributed by atoms with Crippen molar-refractivity contribution in [3.05, 3.63) is 0 Å². The number of aliphatic hydroxyl groups excluding tert-OH is 1. The van der Waals surface area contributed by atoms with Crippen LogP contribution in [-0.4, -0.2) is 46.9 Å². The first-order chi connectivity index (χ1) is 11.5. The van der Waals surface area contributed by atoms with Gasteiger partial charge >= 0.3 is 0 Å². The largest absolute Gasteiger partial charge is 0.393 e. The third-order valence-corrected chi connectivity index (χ3v) is 7.62. The lowest BCUT2D eigenvalue weighted by molar-refractivity contribution is -0.127. The molecule has 0 bridgehead atoms. The topological polar surface area (TPSA) is 75.4 Å². The first-order valence-electron chi connectivity index (χ1n) is 9.43. The molecular weight excluding hydrogens is 347 g/mol. The molecule has 0 aromatic heterocycles. The molecule has 138 valence electrons. The number of nitrogens with one attached hydrogen (secondary N) is 1. The van der Waals surface area contributed by atoms with E-state index in [1.807, 2.05) is 0 Å². The van der Waals surface area contributed by atoms with E-state index in [2.05, 4.69) is 5.32 Å². The maximum absolute atomic E-state index is 12.6. The molecule has 4 N–H and O–H groups in total. The van der Waals surface area contributed by atoms with Gasteiger partial charge in [-0.2, -0.15) is 0 Å². The van der Waals surface area contributed by atoms with Crippen molar-refractivity contribution in [2.24, 2.45) is 29.4 Å². The lowest BCUT2D eigenvalue weighted by atomic mass is 9.69. The van der Waals surface area contributed by atoms with Crippen molar-refractivity contribution in [3.8, 4) is 0 Å². The van der Waals surface area contributed by atoms with E-state index in [-0.39, 0.29) is 34.5 Å². The number of hydrogen-bond donors (Lipinski definition) is 3. The van der Waals surface area contributed by atoms with E-state index in [1.54, 1.807) is 0 Å². The van der Waals surface area contributed by atoms with Gasteiger partial charge in [0, 0.05) is 30.3 Å². The maximum Gasteiger partial charge on any atom is 0.140 e. The summed E-state index contributed by atoms with van der Waals surface area (Å²) in [4.78, 5) is 12.6. The Labute approximate surface area is 154 Å². The molecule has 1 aliphatic heterocycles. The molecule has 0 amide bonds. The summed E-state index contributed by atoms with van der Waals surface area (Å²) in [5.41, 5.74) is 6.51. The van der Waals surface area contributed by atoms with Crippen LogP contribution < -0.4 is 11.1 Å². The average Bonchev–Trinajstić information content (AvgIpc) is 3.11. The number of aliphatic hydroxyl groups is 1. The van der Waals surface area contributed by atoms with Crippen LogP contribution in [-0.2, 0) is 4.79 Å². The van der Waals surface area contributed by atoms with Gasteiger partial charge in [-0.05, 0) is 57.4 Å². The first kappa shape index (κ1) is 18.9. The van der Waals surface area contributed by atoms with Crippen molar-refractivity contribution in [1.29, 1.82) is 0 Å². The smallest absolute Gasteiger partial charge is 0.140 e. The van der Waals surface area contributed by atoms with Crippen molar-refractivity contribution in [3.63, 3.8) is 0 Å². The fraction of sp³-hybridized carbons (Fsp3) is 0.944. The molecule has 4 nitrogen and oxygen atoms in total. The van der Waals surface area contributed by atoms with Crippen LogP contribution in [0, 0.1) is 23.7 Å². The second kappa shape index (κ2) is 8.22. The van der Waals surface area contributed by atoms with Crippen molar-refractivity contribution >= 4 is 29.0 Å². The number of carbonyl (C=O) groups excluding carboxylic acids is 1. The van der Waals surface area contributed by atoms with Gasteiger partial charge in [-0.25, -0.2) is 0 Å². The molecule has 6 heteroatoms. The second-order valence-corrected chi connectivity index (χ2v) is 9.14. The molecule has 3 aliphatic rings. The van der Waals surface area contributed by atoms with Crippen molar-refractivity contribution in [1.82, 2.24) is 5.32 Å². The highest BCUT2D eigenvalue weighted by Crippen LogP contribution is 2.40. The number of alkyl halides is 2. The molecule has 0 radical (unpaired) electrons. The lowest BCUT2D eigenvalue weighted by Gasteiger charge is -2.41. The maximum atomic E-state index is 12.6. The van der Waals surface area contributed by atoms with Gasteiger partial charge < -0.3 is 16.2 Å². The van der Waals surface area contributed by atoms with Gasteiger partial charge in [0.1, 0.15) is 5.78 Å². The average molecular weight is 377 g/mol. The number of nitrogens with two attached hydrogens (primary N) is 1. The van der Waals surface area contributed by atoms with Crippen molar-refractivity contribution < 1.29 is 9.90 Å². The summed E-state index contributed by atoms with van der Waals surface area (Å²) in [6, 6.07) is -0.0467. The molecule has 2 aliphatic carbocycles. The van der Waals surface area contributed by atoms with Crippen LogP contribution in [0.15, 0.2) is 0 Å². The number of carbonyl (C=O) groups is 1. The highest BCUT2D eigenvalue weighted by molar-refractivity contribution is 6.30. The Bertz CT molecular complexity index is 437. The second-order valence-electron chi connectivity index (χ2n) is 8.02. The van der Waals surface area contributed by atoms with Gasteiger partial charge in [-0.1, -0.05) is 0 Å². The molecule has 2 saturated carbocycles. The molecule has 1 heterocycles. The molecule has 6 atom stereocenters. The number of hydrogen-bond acceptors (Lipinski definition) is 4. The molecule has 4 unspecified atom stereocenters. The van der Waals surface area contributed by atoms with Crippen molar-refractivity contribution in [2.45, 2.75) is 67.8 Å². The Morgan fingerprint density at radius 2 is 1.71 bits per heavy atom. The summed E-state index contributed by atoms with van der Waals surface area (Å²) in [5, 5.41) is 13.4. The van der Waals surface area contributed by atoms with E-state index in [0.717, 1.165) is 45.2 Å². The first-order valence-corrected chi connectivity index (χ1v) is 10.3. The summed E-state index contributed by atoms with van der Waals surface area (Å²) in [6.45, 7) is 1.82. The SMILES string of the molecule is N[C@@H](C1CCC(C(=O)[C@H]2CCNC2)CC1)C1CC(Cl)C(Cl)CC1O. The zero-order chi connectivity index (χ0) is 17.3. The van der Waals surface area contributed by atoms with Gasteiger partial charge in [0.15, 0.2) is 0 Å². The summed E-state index contributed by atoms with van der Waals surface area (Å²) in [5.74, 6) is 1.29. The fourth-order valence-electron chi connectivity index (χ4n) is 4.90. The van der Waals surface area contributed by atoms with E-state index in [9.17, 15) is 9.90 Å². The Balaban J connectivity index is 1.51. The van der Waals surface area contributed by atoms with Crippen LogP contribution in [0.3, 0.4) is 0 Å². The van der Waals surface area contributed by atoms with Crippen LogP contribution in [0.1, 0.15) is 44.9 Å². The van der Waals surface area contributed by atoms with Gasteiger partial charge in [0.25, 0.3) is 0 Å².